The number of fused-ring (bicyclic) bond motifs is 3. The highest BCUT2D eigenvalue weighted by Crippen LogP contribution is 2.83. The average Bonchev–Trinajstić information content (AvgIpc) is 3.23. The number of carbonyl (C=O) groups is 1. The molecule has 0 aromatic heterocycles. The zero-order valence-corrected chi connectivity index (χ0v) is 15.3. The fraction of sp³-hybridized carbons (Fsp3) is 0.864. The van der Waals surface area contributed by atoms with Gasteiger partial charge < -0.3 is 5.11 Å². The first-order valence-corrected chi connectivity index (χ1v) is 10.4. The number of carbonyl (C=O) groups excluding carboxylic acids is 1. The summed E-state index contributed by atoms with van der Waals surface area (Å²) in [5.74, 6) is 4.95. The van der Waals surface area contributed by atoms with Gasteiger partial charge in [-0.15, -0.1) is 0 Å². The Morgan fingerprint density at radius 2 is 2.17 bits per heavy atom. The van der Waals surface area contributed by atoms with Crippen molar-refractivity contribution in [2.24, 2.45) is 46.3 Å². The zero-order chi connectivity index (χ0) is 16.7. The van der Waals surface area contributed by atoms with Crippen molar-refractivity contribution >= 4 is 5.78 Å². The Morgan fingerprint density at radius 1 is 1.33 bits per heavy atom. The second-order valence-corrected chi connectivity index (χ2v) is 9.91. The summed E-state index contributed by atoms with van der Waals surface area (Å²) in [7, 11) is 0. The lowest BCUT2D eigenvalue weighted by Gasteiger charge is -2.58. The van der Waals surface area contributed by atoms with E-state index in [0.717, 1.165) is 36.5 Å². The number of hydrogen-bond donors (Lipinski definition) is 1. The smallest absolute Gasteiger partial charge is 0.155 e. The average molecular weight is 328 g/mol. The lowest BCUT2D eigenvalue weighted by atomic mass is 9.46. The molecule has 8 atom stereocenters. The Bertz CT molecular complexity index is 607. The van der Waals surface area contributed by atoms with Crippen LogP contribution in [0.4, 0.5) is 0 Å². The molecule has 0 aliphatic heterocycles. The highest BCUT2D eigenvalue weighted by Gasteiger charge is 2.77. The largest absolute Gasteiger partial charge is 0.396 e. The maximum Gasteiger partial charge on any atom is 0.155 e. The van der Waals surface area contributed by atoms with Gasteiger partial charge in [0, 0.05) is 13.0 Å². The molecule has 0 radical (unpaired) electrons. The molecule has 5 aliphatic carbocycles. The molecular formula is C22H32O2. The van der Waals surface area contributed by atoms with E-state index in [0.29, 0.717) is 35.1 Å². The van der Waals surface area contributed by atoms with E-state index in [1.807, 2.05) is 6.08 Å². The summed E-state index contributed by atoms with van der Waals surface area (Å²) in [5.41, 5.74) is 2.43. The van der Waals surface area contributed by atoms with Gasteiger partial charge in [0.2, 0.25) is 0 Å². The van der Waals surface area contributed by atoms with Crippen molar-refractivity contribution in [1.82, 2.24) is 0 Å². The van der Waals surface area contributed by atoms with Crippen molar-refractivity contribution in [1.29, 1.82) is 0 Å². The highest BCUT2D eigenvalue weighted by molar-refractivity contribution is 5.91. The lowest BCUT2D eigenvalue weighted by molar-refractivity contribution is -0.117. The summed E-state index contributed by atoms with van der Waals surface area (Å²) in [4.78, 5) is 12.0. The van der Waals surface area contributed by atoms with Crippen LogP contribution in [-0.4, -0.2) is 17.5 Å². The van der Waals surface area contributed by atoms with Crippen LogP contribution in [0.15, 0.2) is 11.6 Å². The van der Waals surface area contributed by atoms with E-state index in [1.54, 1.807) is 0 Å². The quantitative estimate of drug-likeness (QED) is 0.817. The standard InChI is InChI=1S/C22H32O2/c1-3-13-8-14-9-17(24)4-5-18(14)19-6-7-21(2)16(12-23)10-15-11-22(15,21)20(13)19/h9,13,15-16,18-20,23H,3-8,10-12H2,1-2H3/t13-,15+,16+,18+,19-,20-,21-,22-/m1/s1. The summed E-state index contributed by atoms with van der Waals surface area (Å²) < 4.78 is 0. The maximum absolute atomic E-state index is 12.0. The van der Waals surface area contributed by atoms with E-state index in [2.05, 4.69) is 13.8 Å². The molecule has 0 bridgehead atoms. The third-order valence-corrected chi connectivity index (χ3v) is 9.53. The molecule has 0 unspecified atom stereocenters. The minimum atomic E-state index is 0.374. The number of ketones is 1. The fourth-order valence-corrected chi connectivity index (χ4v) is 8.47. The minimum Gasteiger partial charge on any atom is -0.396 e. The minimum absolute atomic E-state index is 0.374. The molecule has 0 aromatic carbocycles. The van der Waals surface area contributed by atoms with E-state index in [-0.39, 0.29) is 0 Å². The molecule has 1 N–H and O–H groups in total. The molecule has 0 heterocycles. The van der Waals surface area contributed by atoms with Crippen LogP contribution in [-0.2, 0) is 4.79 Å². The Balaban J connectivity index is 1.56. The maximum atomic E-state index is 12.0. The molecule has 0 amide bonds. The predicted molar refractivity (Wildman–Crippen MR) is 94.3 cm³/mol. The summed E-state index contributed by atoms with van der Waals surface area (Å²) in [6.45, 7) is 5.29. The second-order valence-electron chi connectivity index (χ2n) is 9.91. The molecule has 5 rings (SSSR count). The monoisotopic (exact) mass is 328 g/mol. The van der Waals surface area contributed by atoms with Gasteiger partial charge in [-0.2, -0.15) is 0 Å². The van der Waals surface area contributed by atoms with Crippen LogP contribution < -0.4 is 0 Å². The van der Waals surface area contributed by atoms with Crippen LogP contribution in [0, 0.1) is 46.3 Å². The third kappa shape index (κ3) is 1.69. The third-order valence-electron chi connectivity index (χ3n) is 9.53. The van der Waals surface area contributed by atoms with Crippen LogP contribution in [0.3, 0.4) is 0 Å². The van der Waals surface area contributed by atoms with Crippen LogP contribution >= 0.6 is 0 Å². The first-order valence-electron chi connectivity index (χ1n) is 10.4. The number of aliphatic hydroxyl groups is 1. The summed E-state index contributed by atoms with van der Waals surface area (Å²) in [6.07, 6.45) is 11.7. The molecule has 4 saturated carbocycles. The normalized spacial score (nSPS) is 55.1. The summed E-state index contributed by atoms with van der Waals surface area (Å²) in [5, 5.41) is 9.99. The molecule has 0 saturated heterocycles. The van der Waals surface area contributed by atoms with Gasteiger partial charge in [-0.3, -0.25) is 4.79 Å². The van der Waals surface area contributed by atoms with Crippen molar-refractivity contribution in [2.75, 3.05) is 6.61 Å². The van der Waals surface area contributed by atoms with Gasteiger partial charge in [-0.25, -0.2) is 0 Å². The van der Waals surface area contributed by atoms with Gasteiger partial charge in [0.05, 0.1) is 0 Å². The SMILES string of the molecule is CC[C@@H]1CC2=CC(=O)CC[C@@H]2[C@H]2CC[C@]3(C)[C@H](CO)C[C@H]4C[C@]43[C@H]12. The topological polar surface area (TPSA) is 37.3 Å². The van der Waals surface area contributed by atoms with Crippen molar-refractivity contribution in [3.8, 4) is 0 Å². The molecule has 2 nitrogen and oxygen atoms in total. The van der Waals surface area contributed by atoms with Gasteiger partial charge >= 0.3 is 0 Å². The van der Waals surface area contributed by atoms with Crippen molar-refractivity contribution in [3.63, 3.8) is 0 Å². The highest BCUT2D eigenvalue weighted by atomic mass is 16.3. The van der Waals surface area contributed by atoms with Crippen molar-refractivity contribution in [2.45, 2.75) is 65.2 Å². The molecule has 5 aliphatic rings. The van der Waals surface area contributed by atoms with Gasteiger partial charge in [0.1, 0.15) is 0 Å². The Morgan fingerprint density at radius 3 is 2.92 bits per heavy atom. The number of hydrogen-bond acceptors (Lipinski definition) is 2. The van der Waals surface area contributed by atoms with E-state index in [4.69, 9.17) is 0 Å². The van der Waals surface area contributed by atoms with Crippen LogP contribution in [0.5, 0.6) is 0 Å². The Labute approximate surface area is 146 Å². The zero-order valence-electron chi connectivity index (χ0n) is 15.3. The Kier molecular flexibility index (Phi) is 3.23. The summed E-state index contributed by atoms with van der Waals surface area (Å²) >= 11 is 0. The van der Waals surface area contributed by atoms with E-state index >= 15 is 0 Å². The Hall–Kier alpha value is -0.630. The van der Waals surface area contributed by atoms with Crippen LogP contribution in [0.1, 0.15) is 65.2 Å². The molecular weight excluding hydrogens is 296 g/mol. The molecule has 0 aromatic rings. The predicted octanol–water partition coefficient (Wildman–Crippen LogP) is 4.37. The van der Waals surface area contributed by atoms with E-state index in [1.165, 1.54) is 44.1 Å². The van der Waals surface area contributed by atoms with Gasteiger partial charge in [-0.1, -0.05) is 25.8 Å². The first kappa shape index (κ1) is 15.6. The number of aliphatic hydroxyl groups excluding tert-OH is 1. The molecule has 4 fully saturated rings. The number of rotatable bonds is 2. The van der Waals surface area contributed by atoms with E-state index in [9.17, 15) is 9.90 Å². The molecule has 2 heteroatoms. The fourth-order valence-electron chi connectivity index (χ4n) is 8.47. The van der Waals surface area contributed by atoms with Crippen LogP contribution in [0.25, 0.3) is 0 Å². The summed E-state index contributed by atoms with van der Waals surface area (Å²) in [6, 6.07) is 0. The van der Waals surface area contributed by atoms with E-state index < -0.39 is 0 Å². The lowest BCUT2D eigenvalue weighted by Crippen LogP contribution is -2.52. The van der Waals surface area contributed by atoms with Gasteiger partial charge in [0.25, 0.3) is 0 Å². The second kappa shape index (κ2) is 4.96. The number of allylic oxidation sites excluding steroid dienone is 1. The van der Waals surface area contributed by atoms with Crippen molar-refractivity contribution in [3.05, 3.63) is 11.6 Å². The molecule has 24 heavy (non-hydrogen) atoms. The first-order chi connectivity index (χ1) is 11.5. The van der Waals surface area contributed by atoms with Crippen LogP contribution in [0.2, 0.25) is 0 Å². The molecule has 132 valence electrons. The molecule has 1 spiro atoms. The van der Waals surface area contributed by atoms with Gasteiger partial charge in [-0.05, 0) is 90.9 Å². The van der Waals surface area contributed by atoms with Crippen molar-refractivity contribution < 1.29 is 9.90 Å². The van der Waals surface area contributed by atoms with Gasteiger partial charge in [0.15, 0.2) is 5.78 Å².